The topological polar surface area (TPSA) is 71.5 Å². The van der Waals surface area contributed by atoms with Crippen LogP contribution in [0.4, 0.5) is 13.2 Å². The van der Waals surface area contributed by atoms with Crippen LogP contribution in [-0.4, -0.2) is 58.9 Å². The highest BCUT2D eigenvalue weighted by atomic mass is 32.2. The van der Waals surface area contributed by atoms with Crippen molar-refractivity contribution in [3.63, 3.8) is 0 Å². The van der Waals surface area contributed by atoms with Crippen molar-refractivity contribution in [3.05, 3.63) is 23.9 Å². The van der Waals surface area contributed by atoms with Crippen molar-refractivity contribution in [2.75, 3.05) is 25.1 Å². The molecule has 27 heavy (non-hydrogen) atoms. The van der Waals surface area contributed by atoms with Gasteiger partial charge in [0.2, 0.25) is 17.7 Å². The zero-order valence-corrected chi connectivity index (χ0v) is 15.9. The van der Waals surface area contributed by atoms with Gasteiger partial charge >= 0.3 is 6.18 Å². The lowest BCUT2D eigenvalue weighted by Crippen LogP contribution is -2.48. The van der Waals surface area contributed by atoms with Crippen molar-refractivity contribution in [2.45, 2.75) is 38.1 Å². The molecule has 0 aromatic carbocycles. The van der Waals surface area contributed by atoms with Gasteiger partial charge in [0.1, 0.15) is 12.1 Å². The number of carbonyl (C=O) groups is 2. The average Bonchev–Trinajstić information content (AvgIpc) is 3.05. The largest absolute Gasteiger partial charge is 0.472 e. The van der Waals surface area contributed by atoms with Crippen molar-refractivity contribution in [3.8, 4) is 5.88 Å². The van der Waals surface area contributed by atoms with Gasteiger partial charge in [0.15, 0.2) is 0 Å². The highest BCUT2D eigenvalue weighted by Crippen LogP contribution is 2.31. The Morgan fingerprint density at radius 3 is 2.85 bits per heavy atom. The van der Waals surface area contributed by atoms with Gasteiger partial charge in [-0.15, -0.1) is 0 Å². The molecule has 1 aromatic heterocycles. The lowest BCUT2D eigenvalue weighted by Gasteiger charge is -2.24. The van der Waals surface area contributed by atoms with Gasteiger partial charge in [0, 0.05) is 32.2 Å². The summed E-state index contributed by atoms with van der Waals surface area (Å²) in [7, 11) is 0. The van der Waals surface area contributed by atoms with Gasteiger partial charge < -0.3 is 15.0 Å². The van der Waals surface area contributed by atoms with E-state index in [2.05, 4.69) is 10.3 Å². The summed E-state index contributed by atoms with van der Waals surface area (Å²) < 4.78 is 43.9. The number of nitrogens with one attached hydrogen (secondary N) is 1. The fourth-order valence-electron chi connectivity index (χ4n) is 2.80. The summed E-state index contributed by atoms with van der Waals surface area (Å²) in [6.07, 6.45) is -0.955. The Morgan fingerprint density at radius 1 is 1.48 bits per heavy atom. The van der Waals surface area contributed by atoms with Crippen LogP contribution in [0.2, 0.25) is 0 Å². The van der Waals surface area contributed by atoms with Crippen molar-refractivity contribution in [1.82, 2.24) is 15.2 Å². The summed E-state index contributed by atoms with van der Waals surface area (Å²) >= 11 is 1.58. The van der Waals surface area contributed by atoms with Gasteiger partial charge in [-0.3, -0.25) is 9.59 Å². The second-order valence-corrected chi connectivity index (χ2v) is 7.21. The number of pyridine rings is 1. The molecule has 150 valence electrons. The van der Waals surface area contributed by atoms with Crippen LogP contribution in [0.5, 0.6) is 5.88 Å². The number of halogens is 3. The molecule has 2 unspecified atom stereocenters. The predicted molar refractivity (Wildman–Crippen MR) is 95.5 cm³/mol. The third kappa shape index (κ3) is 6.30. The van der Waals surface area contributed by atoms with Crippen LogP contribution in [-0.2, 0) is 15.8 Å². The number of rotatable bonds is 7. The summed E-state index contributed by atoms with van der Waals surface area (Å²) in [5.41, 5.74) is -0.832. The molecular weight excluding hydrogens is 383 g/mol. The van der Waals surface area contributed by atoms with Crippen LogP contribution in [0, 0.1) is 0 Å². The number of likely N-dealkylation sites (tertiary alicyclic amines) is 1. The first-order valence-corrected chi connectivity index (χ1v) is 9.85. The second-order valence-electron chi connectivity index (χ2n) is 6.23. The highest BCUT2D eigenvalue weighted by molar-refractivity contribution is 7.98. The van der Waals surface area contributed by atoms with E-state index >= 15 is 0 Å². The molecule has 1 aliphatic rings. The summed E-state index contributed by atoms with van der Waals surface area (Å²) in [6, 6.07) is 1.12. The van der Waals surface area contributed by atoms with Crippen molar-refractivity contribution in [1.29, 1.82) is 0 Å². The van der Waals surface area contributed by atoms with E-state index in [9.17, 15) is 22.8 Å². The third-order valence-electron chi connectivity index (χ3n) is 4.09. The number of hydrogen-bond acceptors (Lipinski definition) is 5. The smallest absolute Gasteiger partial charge is 0.416 e. The van der Waals surface area contributed by atoms with Crippen molar-refractivity contribution in [2.24, 2.45) is 0 Å². The fraction of sp³-hybridized carbons (Fsp3) is 0.588. The maximum Gasteiger partial charge on any atom is 0.416 e. The molecule has 1 saturated heterocycles. The van der Waals surface area contributed by atoms with Crippen LogP contribution in [0.15, 0.2) is 18.3 Å². The van der Waals surface area contributed by atoms with Gasteiger partial charge in [-0.1, -0.05) is 0 Å². The van der Waals surface area contributed by atoms with Crippen LogP contribution in [0.3, 0.4) is 0 Å². The van der Waals surface area contributed by atoms with E-state index in [1.54, 1.807) is 16.7 Å². The minimum Gasteiger partial charge on any atom is -0.472 e. The number of ether oxygens (including phenoxy) is 1. The number of amides is 2. The Balaban J connectivity index is 1.97. The molecule has 2 heterocycles. The molecule has 0 saturated carbocycles. The van der Waals surface area contributed by atoms with E-state index in [0.717, 1.165) is 24.1 Å². The van der Waals surface area contributed by atoms with Crippen LogP contribution in [0.1, 0.15) is 25.3 Å². The summed E-state index contributed by atoms with van der Waals surface area (Å²) in [4.78, 5) is 29.4. The Labute approximate surface area is 159 Å². The van der Waals surface area contributed by atoms with Gasteiger partial charge in [0.25, 0.3) is 0 Å². The summed E-state index contributed by atoms with van der Waals surface area (Å²) in [5, 5.41) is 2.66. The minimum atomic E-state index is -4.47. The lowest BCUT2D eigenvalue weighted by atomic mass is 10.2. The zero-order valence-electron chi connectivity index (χ0n) is 15.1. The monoisotopic (exact) mass is 405 g/mol. The number of carbonyl (C=O) groups excluding carboxylic acids is 2. The van der Waals surface area contributed by atoms with Crippen LogP contribution >= 0.6 is 11.8 Å². The van der Waals surface area contributed by atoms with E-state index in [1.165, 1.54) is 6.92 Å². The quantitative estimate of drug-likeness (QED) is 0.754. The zero-order chi connectivity index (χ0) is 20.0. The molecule has 1 aromatic rings. The maximum absolute atomic E-state index is 12.8. The molecule has 0 bridgehead atoms. The van der Waals surface area contributed by atoms with Crippen LogP contribution < -0.4 is 10.1 Å². The predicted octanol–water partition coefficient (Wildman–Crippen LogP) is 2.34. The molecule has 0 aliphatic carbocycles. The molecule has 1 N–H and O–H groups in total. The van der Waals surface area contributed by atoms with E-state index < -0.39 is 23.9 Å². The van der Waals surface area contributed by atoms with Crippen LogP contribution in [0.25, 0.3) is 0 Å². The first kappa shape index (κ1) is 21.3. The third-order valence-corrected chi connectivity index (χ3v) is 4.74. The van der Waals surface area contributed by atoms with E-state index in [0.29, 0.717) is 19.4 Å². The van der Waals surface area contributed by atoms with Gasteiger partial charge in [-0.2, -0.15) is 24.9 Å². The standard InChI is InChI=1S/C17H22F3N3O3S/c1-11(24)22-14(5-8-27-2)16(25)23-7-4-13(10-23)26-15-9-12(3-6-21-15)17(18,19)20/h3,6,9,13-14H,4-5,7-8,10H2,1-2H3,(H,22,24). The first-order valence-electron chi connectivity index (χ1n) is 8.45. The fourth-order valence-corrected chi connectivity index (χ4v) is 3.28. The maximum atomic E-state index is 12.8. The Kier molecular flexibility index (Phi) is 7.34. The molecule has 1 aliphatic heterocycles. The first-order chi connectivity index (χ1) is 12.7. The van der Waals surface area contributed by atoms with Crippen molar-refractivity contribution >= 4 is 23.6 Å². The molecule has 0 radical (unpaired) electrons. The number of alkyl halides is 3. The van der Waals surface area contributed by atoms with E-state index in [4.69, 9.17) is 4.74 Å². The number of aromatic nitrogens is 1. The second kappa shape index (κ2) is 9.29. The molecule has 0 spiro atoms. The van der Waals surface area contributed by atoms with Gasteiger partial charge in [-0.25, -0.2) is 4.98 Å². The van der Waals surface area contributed by atoms with E-state index in [1.807, 2.05) is 6.26 Å². The Morgan fingerprint density at radius 2 is 2.22 bits per heavy atom. The molecule has 2 atom stereocenters. The summed E-state index contributed by atoms with van der Waals surface area (Å²) in [6.45, 7) is 2.01. The normalized spacial score (nSPS) is 18.3. The molecule has 6 nitrogen and oxygen atoms in total. The molecule has 2 amide bonds. The Bertz CT molecular complexity index is 672. The number of nitrogens with zero attached hydrogens (tertiary/aromatic N) is 2. The molecule has 10 heteroatoms. The molecule has 1 fully saturated rings. The van der Waals surface area contributed by atoms with Gasteiger partial charge in [-0.05, 0) is 24.5 Å². The minimum absolute atomic E-state index is 0.120. The average molecular weight is 405 g/mol. The van der Waals surface area contributed by atoms with E-state index in [-0.39, 0.29) is 24.2 Å². The highest BCUT2D eigenvalue weighted by Gasteiger charge is 2.34. The Hall–Kier alpha value is -1.97. The SMILES string of the molecule is CSCCC(NC(C)=O)C(=O)N1CCC(Oc2cc(C(F)(F)F)ccn2)C1. The molecule has 2 rings (SSSR count). The number of thioether (sulfide) groups is 1. The lowest BCUT2D eigenvalue weighted by molar-refractivity contribution is -0.137. The van der Waals surface area contributed by atoms with Crippen molar-refractivity contribution < 1.29 is 27.5 Å². The summed E-state index contributed by atoms with van der Waals surface area (Å²) in [5.74, 6) is 0.111. The molecular formula is C17H22F3N3O3S. The number of hydrogen-bond donors (Lipinski definition) is 1. The van der Waals surface area contributed by atoms with Gasteiger partial charge in [0.05, 0.1) is 12.1 Å².